The van der Waals surface area contributed by atoms with Crippen LogP contribution in [0.15, 0.2) is 48.9 Å². The van der Waals surface area contributed by atoms with Crippen LogP contribution in [0, 0.1) is 5.92 Å². The van der Waals surface area contributed by atoms with Gasteiger partial charge in [-0.1, -0.05) is 30.3 Å². The van der Waals surface area contributed by atoms with Crippen LogP contribution in [-0.4, -0.2) is 20.3 Å². The first kappa shape index (κ1) is 17.6. The Kier molecular flexibility index (Phi) is 3.91. The van der Waals surface area contributed by atoms with Gasteiger partial charge in [0.2, 0.25) is 0 Å². The Morgan fingerprint density at radius 2 is 1.97 bits per heavy atom. The summed E-state index contributed by atoms with van der Waals surface area (Å²) in [6.07, 6.45) is 10.4. The molecule has 0 unspecified atom stereocenters. The first-order chi connectivity index (χ1) is 14.7. The molecule has 4 aromatic rings. The van der Waals surface area contributed by atoms with Crippen molar-refractivity contribution >= 4 is 33.4 Å². The summed E-state index contributed by atoms with van der Waals surface area (Å²) in [5.41, 5.74) is 10.2. The van der Waals surface area contributed by atoms with E-state index in [1.165, 1.54) is 32.1 Å². The molecule has 2 heterocycles. The van der Waals surface area contributed by atoms with E-state index in [1.54, 1.807) is 6.33 Å². The SMILES string of the molecule is Nc1ncnc2c1c(-c1ccc3c(C(=O)CC4CC4)cccc3c1)cn2C1CCC1. The molecule has 0 spiro atoms. The van der Waals surface area contributed by atoms with Crippen LogP contribution in [0.5, 0.6) is 0 Å². The third kappa shape index (κ3) is 2.80. The molecule has 2 aliphatic rings. The van der Waals surface area contributed by atoms with Gasteiger partial charge in [0.25, 0.3) is 0 Å². The van der Waals surface area contributed by atoms with Crippen LogP contribution in [0.1, 0.15) is 54.9 Å². The topological polar surface area (TPSA) is 73.8 Å². The Morgan fingerprint density at radius 3 is 2.73 bits per heavy atom. The second-order valence-corrected chi connectivity index (χ2v) is 8.80. The van der Waals surface area contributed by atoms with Crippen LogP contribution in [0.3, 0.4) is 0 Å². The van der Waals surface area contributed by atoms with Gasteiger partial charge in [0, 0.05) is 29.8 Å². The third-order valence-electron chi connectivity index (χ3n) is 6.77. The van der Waals surface area contributed by atoms with Gasteiger partial charge in [-0.05, 0) is 60.4 Å². The maximum atomic E-state index is 12.8. The zero-order chi connectivity index (χ0) is 20.2. The first-order valence-electron chi connectivity index (χ1n) is 10.9. The Bertz CT molecular complexity index is 1300. The predicted molar refractivity (Wildman–Crippen MR) is 119 cm³/mol. The highest BCUT2D eigenvalue weighted by atomic mass is 16.1. The summed E-state index contributed by atoms with van der Waals surface area (Å²) in [5, 5.41) is 3.03. The van der Waals surface area contributed by atoms with Crippen molar-refractivity contribution in [1.29, 1.82) is 0 Å². The number of hydrogen-bond acceptors (Lipinski definition) is 4. The molecule has 2 fully saturated rings. The van der Waals surface area contributed by atoms with Gasteiger partial charge in [-0.3, -0.25) is 4.79 Å². The smallest absolute Gasteiger partial charge is 0.163 e. The molecule has 2 aromatic heterocycles. The summed E-state index contributed by atoms with van der Waals surface area (Å²) in [5.74, 6) is 1.37. The minimum Gasteiger partial charge on any atom is -0.383 e. The number of rotatable bonds is 5. The highest BCUT2D eigenvalue weighted by molar-refractivity contribution is 6.10. The average molecular weight is 396 g/mol. The van der Waals surface area contributed by atoms with E-state index < -0.39 is 0 Å². The number of fused-ring (bicyclic) bond motifs is 2. The van der Waals surface area contributed by atoms with Crippen LogP contribution in [-0.2, 0) is 0 Å². The molecule has 0 saturated heterocycles. The second-order valence-electron chi connectivity index (χ2n) is 8.80. The molecule has 6 rings (SSSR count). The maximum absolute atomic E-state index is 12.8. The number of Topliss-reactive ketones (excluding diaryl/α,β-unsaturated/α-hetero) is 1. The van der Waals surface area contributed by atoms with E-state index in [-0.39, 0.29) is 5.78 Å². The molecule has 2 aromatic carbocycles. The third-order valence-corrected chi connectivity index (χ3v) is 6.77. The molecule has 2 aliphatic carbocycles. The number of aromatic nitrogens is 3. The second kappa shape index (κ2) is 6.66. The lowest BCUT2D eigenvalue weighted by atomic mass is 9.93. The summed E-state index contributed by atoms with van der Waals surface area (Å²) in [6.45, 7) is 0. The van der Waals surface area contributed by atoms with Gasteiger partial charge in [-0.2, -0.15) is 0 Å². The van der Waals surface area contributed by atoms with Gasteiger partial charge >= 0.3 is 0 Å². The quantitative estimate of drug-likeness (QED) is 0.449. The van der Waals surface area contributed by atoms with Gasteiger partial charge in [0.05, 0.1) is 5.39 Å². The Balaban J connectivity index is 1.49. The van der Waals surface area contributed by atoms with Gasteiger partial charge in [0.15, 0.2) is 5.78 Å². The van der Waals surface area contributed by atoms with Crippen LogP contribution in [0.2, 0.25) is 0 Å². The number of carbonyl (C=O) groups excluding carboxylic acids is 1. The van der Waals surface area contributed by atoms with Crippen molar-refractivity contribution in [1.82, 2.24) is 14.5 Å². The minimum absolute atomic E-state index is 0.259. The Morgan fingerprint density at radius 1 is 1.10 bits per heavy atom. The maximum Gasteiger partial charge on any atom is 0.163 e. The molecule has 0 radical (unpaired) electrons. The van der Waals surface area contributed by atoms with E-state index in [0.717, 1.165) is 38.5 Å². The number of anilines is 1. The van der Waals surface area contributed by atoms with Crippen molar-refractivity contribution < 1.29 is 4.79 Å². The summed E-state index contributed by atoms with van der Waals surface area (Å²) in [4.78, 5) is 21.6. The fourth-order valence-corrected chi connectivity index (χ4v) is 4.66. The molecule has 0 atom stereocenters. The van der Waals surface area contributed by atoms with Crippen molar-refractivity contribution in [3.8, 4) is 11.1 Å². The molecule has 0 bridgehead atoms. The molecule has 150 valence electrons. The summed E-state index contributed by atoms with van der Waals surface area (Å²) in [7, 11) is 0. The van der Waals surface area contributed by atoms with Gasteiger partial charge in [-0.25, -0.2) is 9.97 Å². The summed E-state index contributed by atoms with van der Waals surface area (Å²) < 4.78 is 2.27. The van der Waals surface area contributed by atoms with Crippen molar-refractivity contribution in [3.05, 3.63) is 54.5 Å². The lowest BCUT2D eigenvalue weighted by Gasteiger charge is -2.27. The van der Waals surface area contributed by atoms with Crippen LogP contribution in [0.4, 0.5) is 5.82 Å². The van der Waals surface area contributed by atoms with E-state index >= 15 is 0 Å². The standard InChI is InChI=1S/C25H24N4O/c26-24-23-21(13-29(18-4-2-5-18)25(23)28-14-27-24)17-9-10-19-16(12-17)3-1-6-20(19)22(30)11-15-7-8-15/h1,3,6,9-10,12-15,18H,2,4-5,7-8,11H2,(H2,26,27,28). The van der Waals surface area contributed by atoms with Crippen molar-refractivity contribution in [3.63, 3.8) is 0 Å². The Labute approximate surface area is 174 Å². The summed E-state index contributed by atoms with van der Waals surface area (Å²) in [6, 6.07) is 12.9. The van der Waals surface area contributed by atoms with E-state index in [1.807, 2.05) is 12.1 Å². The molecule has 5 nitrogen and oxygen atoms in total. The fourth-order valence-electron chi connectivity index (χ4n) is 4.66. The van der Waals surface area contributed by atoms with Crippen molar-refractivity contribution in [2.75, 3.05) is 5.73 Å². The van der Waals surface area contributed by atoms with E-state index in [9.17, 15) is 4.79 Å². The molecular weight excluding hydrogens is 372 g/mol. The van der Waals surface area contributed by atoms with Gasteiger partial charge in [-0.15, -0.1) is 0 Å². The largest absolute Gasteiger partial charge is 0.383 e. The predicted octanol–water partition coefficient (Wildman–Crippen LogP) is 5.54. The van der Waals surface area contributed by atoms with Gasteiger partial charge < -0.3 is 10.3 Å². The molecule has 2 N–H and O–H groups in total. The van der Waals surface area contributed by atoms with E-state index in [0.29, 0.717) is 24.2 Å². The fraction of sp³-hybridized carbons (Fsp3) is 0.320. The average Bonchev–Trinajstić information content (AvgIpc) is 3.45. The zero-order valence-corrected chi connectivity index (χ0v) is 16.8. The zero-order valence-electron chi connectivity index (χ0n) is 16.8. The lowest BCUT2D eigenvalue weighted by Crippen LogP contribution is -2.16. The Hall–Kier alpha value is -3.21. The van der Waals surface area contributed by atoms with E-state index in [2.05, 4.69) is 45.0 Å². The first-order valence-corrected chi connectivity index (χ1v) is 10.9. The molecule has 5 heteroatoms. The van der Waals surface area contributed by atoms with E-state index in [4.69, 9.17) is 5.73 Å². The van der Waals surface area contributed by atoms with Crippen molar-refractivity contribution in [2.45, 2.75) is 44.6 Å². The van der Waals surface area contributed by atoms with Crippen molar-refractivity contribution in [2.24, 2.45) is 5.92 Å². The number of benzene rings is 2. The number of carbonyl (C=O) groups is 1. The molecule has 0 aliphatic heterocycles. The normalized spacial score (nSPS) is 16.8. The summed E-state index contributed by atoms with van der Waals surface area (Å²) >= 11 is 0. The minimum atomic E-state index is 0.259. The number of nitrogens with zero attached hydrogens (tertiary/aromatic N) is 3. The number of ketones is 1. The highest BCUT2D eigenvalue weighted by Gasteiger charge is 2.26. The highest BCUT2D eigenvalue weighted by Crippen LogP contribution is 2.40. The molecular formula is C25H24N4O. The van der Waals surface area contributed by atoms with Crippen LogP contribution in [0.25, 0.3) is 32.9 Å². The number of nitrogens with two attached hydrogens (primary N) is 1. The number of hydrogen-bond donors (Lipinski definition) is 1. The van der Waals surface area contributed by atoms with Gasteiger partial charge in [0.1, 0.15) is 17.8 Å². The monoisotopic (exact) mass is 396 g/mol. The lowest BCUT2D eigenvalue weighted by molar-refractivity contribution is 0.0977. The van der Waals surface area contributed by atoms with Crippen LogP contribution < -0.4 is 5.73 Å². The number of nitrogen functional groups attached to an aromatic ring is 1. The molecule has 30 heavy (non-hydrogen) atoms. The molecule has 0 amide bonds. The molecule has 2 saturated carbocycles. The van der Waals surface area contributed by atoms with Crippen LogP contribution >= 0.6 is 0 Å².